The summed E-state index contributed by atoms with van der Waals surface area (Å²) in [6.45, 7) is 2.55. The van der Waals surface area contributed by atoms with Crippen LogP contribution >= 0.6 is 0 Å². The number of ether oxygens (including phenoxy) is 1. The molecule has 0 radical (unpaired) electrons. The highest BCUT2D eigenvalue weighted by molar-refractivity contribution is 7.89. The highest BCUT2D eigenvalue weighted by Gasteiger charge is 2.25. The normalized spacial score (nSPS) is 14.6. The molecule has 0 bridgehead atoms. The molecule has 2 rings (SSSR count). The summed E-state index contributed by atoms with van der Waals surface area (Å²) >= 11 is 0. The smallest absolute Gasteiger partial charge is 0.244 e. The van der Waals surface area contributed by atoms with Gasteiger partial charge in [-0.3, -0.25) is 9.59 Å². The Morgan fingerprint density at radius 2 is 2.08 bits per heavy atom. The summed E-state index contributed by atoms with van der Waals surface area (Å²) < 4.78 is 32.8. The number of nitrogens with zero attached hydrogens (tertiary/aromatic N) is 1. The van der Waals surface area contributed by atoms with Crippen LogP contribution in [0.15, 0.2) is 23.1 Å². The molecule has 1 saturated heterocycles. The molecule has 1 heterocycles. The van der Waals surface area contributed by atoms with Crippen molar-refractivity contribution in [2.45, 2.75) is 31.1 Å². The predicted octanol–water partition coefficient (Wildman–Crippen LogP) is 0.626. The molecule has 2 N–H and O–H groups in total. The lowest BCUT2D eigenvalue weighted by atomic mass is 10.3. The molecule has 1 aliphatic heterocycles. The Bertz CT molecular complexity index is 748. The molecule has 1 aromatic rings. The number of hydrogen-bond donors (Lipinski definition) is 2. The Balaban J connectivity index is 2.14. The molecule has 9 heteroatoms. The van der Waals surface area contributed by atoms with Crippen molar-refractivity contribution in [3.05, 3.63) is 18.2 Å². The van der Waals surface area contributed by atoms with E-state index in [0.29, 0.717) is 31.6 Å². The maximum Gasteiger partial charge on any atom is 0.244 e. The van der Waals surface area contributed by atoms with Crippen LogP contribution in [-0.4, -0.2) is 47.0 Å². The zero-order chi connectivity index (χ0) is 18.4. The summed E-state index contributed by atoms with van der Waals surface area (Å²) in [4.78, 5) is 24.3. The Morgan fingerprint density at radius 1 is 1.32 bits per heavy atom. The number of sulfonamides is 1. The number of anilines is 1. The monoisotopic (exact) mass is 369 g/mol. The molecule has 0 aliphatic carbocycles. The summed E-state index contributed by atoms with van der Waals surface area (Å²) in [7, 11) is -2.40. The fraction of sp³-hybridized carbons (Fsp3) is 0.500. The molecular weight excluding hydrogens is 346 g/mol. The number of carbonyl (C=O) groups excluding carboxylic acids is 2. The average molecular weight is 369 g/mol. The standard InChI is InChI=1S/C16H23N3O5S/c1-12(20)17-8-4-9-18-25(22,23)15-11-13(6-7-14(15)24-2)19-10-3-5-16(19)21/h6-7,11,18H,3-5,8-10H2,1-2H3,(H,17,20). The van der Waals surface area contributed by atoms with Crippen molar-refractivity contribution >= 4 is 27.5 Å². The number of benzene rings is 1. The van der Waals surface area contributed by atoms with Crippen molar-refractivity contribution in [2.75, 3.05) is 31.6 Å². The first-order chi connectivity index (χ1) is 11.8. The molecule has 8 nitrogen and oxygen atoms in total. The van der Waals surface area contributed by atoms with Crippen molar-refractivity contribution in [3.63, 3.8) is 0 Å². The molecule has 0 spiro atoms. The number of carbonyl (C=O) groups is 2. The third-order valence-electron chi connectivity index (χ3n) is 3.84. The average Bonchev–Trinajstić information content (AvgIpc) is 2.99. The summed E-state index contributed by atoms with van der Waals surface area (Å²) in [6.07, 6.45) is 1.69. The van der Waals surface area contributed by atoms with Gasteiger partial charge in [-0.15, -0.1) is 0 Å². The van der Waals surface area contributed by atoms with Crippen molar-refractivity contribution in [3.8, 4) is 5.75 Å². The summed E-state index contributed by atoms with van der Waals surface area (Å²) in [5.74, 6) is 0.0362. The van der Waals surface area contributed by atoms with E-state index in [1.807, 2.05) is 0 Å². The zero-order valence-electron chi connectivity index (χ0n) is 14.4. The summed E-state index contributed by atoms with van der Waals surface area (Å²) in [6, 6.07) is 4.68. The van der Waals surface area contributed by atoms with Crippen LogP contribution in [0.4, 0.5) is 5.69 Å². The third-order valence-corrected chi connectivity index (χ3v) is 5.32. The molecular formula is C16H23N3O5S. The van der Waals surface area contributed by atoms with E-state index >= 15 is 0 Å². The van der Waals surface area contributed by atoms with Crippen LogP contribution in [0.25, 0.3) is 0 Å². The van der Waals surface area contributed by atoms with E-state index in [0.717, 1.165) is 6.42 Å². The highest BCUT2D eigenvalue weighted by Crippen LogP contribution is 2.30. The van der Waals surface area contributed by atoms with E-state index in [4.69, 9.17) is 4.74 Å². The second-order valence-corrected chi connectivity index (χ2v) is 7.45. The maximum absolute atomic E-state index is 12.6. The molecule has 1 aliphatic rings. The predicted molar refractivity (Wildman–Crippen MR) is 93.1 cm³/mol. The van der Waals surface area contributed by atoms with Gasteiger partial charge in [0.1, 0.15) is 10.6 Å². The van der Waals surface area contributed by atoms with Gasteiger partial charge in [-0.2, -0.15) is 0 Å². The van der Waals surface area contributed by atoms with E-state index in [2.05, 4.69) is 10.0 Å². The maximum atomic E-state index is 12.6. The van der Waals surface area contributed by atoms with Crippen LogP contribution in [-0.2, 0) is 19.6 Å². The Hall–Kier alpha value is -2.13. The van der Waals surface area contributed by atoms with Gasteiger partial charge in [0, 0.05) is 38.7 Å². The number of rotatable bonds is 8. The molecule has 1 fully saturated rings. The quantitative estimate of drug-likeness (QED) is 0.654. The molecule has 0 atom stereocenters. The van der Waals surface area contributed by atoms with Crippen LogP contribution in [0, 0.1) is 0 Å². The fourth-order valence-electron chi connectivity index (χ4n) is 2.60. The lowest BCUT2D eigenvalue weighted by Gasteiger charge is -2.18. The van der Waals surface area contributed by atoms with Crippen molar-refractivity contribution in [1.82, 2.24) is 10.0 Å². The van der Waals surface area contributed by atoms with Crippen LogP contribution in [0.3, 0.4) is 0 Å². The largest absolute Gasteiger partial charge is 0.495 e. The molecule has 0 unspecified atom stereocenters. The Kier molecular flexibility index (Phi) is 6.38. The molecule has 25 heavy (non-hydrogen) atoms. The van der Waals surface area contributed by atoms with Gasteiger partial charge < -0.3 is 15.0 Å². The summed E-state index contributed by atoms with van der Waals surface area (Å²) in [5, 5.41) is 2.60. The molecule has 1 aromatic carbocycles. The van der Waals surface area contributed by atoms with E-state index in [-0.39, 0.29) is 29.0 Å². The summed E-state index contributed by atoms with van der Waals surface area (Å²) in [5.41, 5.74) is 0.543. The van der Waals surface area contributed by atoms with Gasteiger partial charge in [0.05, 0.1) is 7.11 Å². The van der Waals surface area contributed by atoms with E-state index in [1.54, 1.807) is 17.0 Å². The third kappa shape index (κ3) is 4.93. The van der Waals surface area contributed by atoms with Crippen molar-refractivity contribution in [2.24, 2.45) is 0 Å². The van der Waals surface area contributed by atoms with Gasteiger partial charge in [0.15, 0.2) is 0 Å². The minimum absolute atomic E-state index is 0.00766. The van der Waals surface area contributed by atoms with E-state index < -0.39 is 10.0 Å². The first-order valence-electron chi connectivity index (χ1n) is 8.07. The minimum Gasteiger partial charge on any atom is -0.495 e. The van der Waals surface area contributed by atoms with Crippen LogP contribution in [0.1, 0.15) is 26.2 Å². The number of hydrogen-bond acceptors (Lipinski definition) is 5. The molecule has 138 valence electrons. The first kappa shape index (κ1) is 19.2. The second-order valence-electron chi connectivity index (χ2n) is 5.72. The lowest BCUT2D eigenvalue weighted by molar-refractivity contribution is -0.119. The van der Waals surface area contributed by atoms with E-state index in [9.17, 15) is 18.0 Å². The van der Waals surface area contributed by atoms with Gasteiger partial charge in [-0.05, 0) is 31.0 Å². The number of amides is 2. The van der Waals surface area contributed by atoms with Gasteiger partial charge in [-0.1, -0.05) is 0 Å². The number of methoxy groups -OCH3 is 1. The molecule has 2 amide bonds. The van der Waals surface area contributed by atoms with E-state index in [1.165, 1.54) is 20.1 Å². The van der Waals surface area contributed by atoms with Gasteiger partial charge >= 0.3 is 0 Å². The lowest BCUT2D eigenvalue weighted by Crippen LogP contribution is -2.29. The van der Waals surface area contributed by atoms with Crippen LogP contribution in [0.5, 0.6) is 5.75 Å². The van der Waals surface area contributed by atoms with Gasteiger partial charge in [-0.25, -0.2) is 13.1 Å². The zero-order valence-corrected chi connectivity index (χ0v) is 15.2. The van der Waals surface area contributed by atoms with Crippen molar-refractivity contribution < 1.29 is 22.7 Å². The van der Waals surface area contributed by atoms with Crippen LogP contribution in [0.2, 0.25) is 0 Å². The fourth-order valence-corrected chi connectivity index (χ4v) is 3.86. The van der Waals surface area contributed by atoms with Gasteiger partial charge in [0.2, 0.25) is 21.8 Å². The SMILES string of the molecule is COc1ccc(N2CCCC2=O)cc1S(=O)(=O)NCCCNC(C)=O. The second kappa shape index (κ2) is 8.30. The van der Waals surface area contributed by atoms with Crippen molar-refractivity contribution in [1.29, 1.82) is 0 Å². The molecule has 0 saturated carbocycles. The highest BCUT2D eigenvalue weighted by atomic mass is 32.2. The van der Waals surface area contributed by atoms with Gasteiger partial charge in [0.25, 0.3) is 0 Å². The Labute approximate surface area is 147 Å². The minimum atomic E-state index is -3.80. The Morgan fingerprint density at radius 3 is 2.68 bits per heavy atom. The van der Waals surface area contributed by atoms with Crippen LogP contribution < -0.4 is 19.7 Å². The first-order valence-corrected chi connectivity index (χ1v) is 9.56. The topological polar surface area (TPSA) is 105 Å². The molecule has 0 aromatic heterocycles. The number of nitrogens with one attached hydrogen (secondary N) is 2.